The van der Waals surface area contributed by atoms with E-state index in [0.717, 1.165) is 25.7 Å². The summed E-state index contributed by atoms with van der Waals surface area (Å²) in [6.07, 6.45) is 1.55. The van der Waals surface area contributed by atoms with E-state index in [1.54, 1.807) is 0 Å². The van der Waals surface area contributed by atoms with E-state index in [4.69, 9.17) is 0 Å². The van der Waals surface area contributed by atoms with Gasteiger partial charge in [-0.15, -0.1) is 0 Å². The molecule has 0 bridgehead atoms. The van der Waals surface area contributed by atoms with Crippen molar-refractivity contribution in [2.24, 2.45) is 0 Å². The second-order valence-electron chi connectivity index (χ2n) is 4.60. The number of aliphatic hydroxyl groups is 1. The summed E-state index contributed by atoms with van der Waals surface area (Å²) in [6.45, 7) is -0.654. The molecule has 4 nitrogen and oxygen atoms in total. The molecule has 18 heavy (non-hydrogen) atoms. The van der Waals surface area contributed by atoms with E-state index in [9.17, 15) is 18.7 Å². The standard InChI is InChI=1S/C12H21F2NO3/c13-11(14)8-18-7-6-12(17)15-9-4-2-1-3-5-10(9)16/h9-11,16H,1-8H2,(H,15,17). The molecule has 2 N–H and O–H groups in total. The Kier molecular flexibility index (Phi) is 7.12. The molecule has 1 aliphatic carbocycles. The summed E-state index contributed by atoms with van der Waals surface area (Å²) in [6, 6.07) is -0.213. The smallest absolute Gasteiger partial charge is 0.261 e. The molecule has 0 aliphatic heterocycles. The van der Waals surface area contributed by atoms with Gasteiger partial charge in [-0.05, 0) is 12.8 Å². The second-order valence-corrected chi connectivity index (χ2v) is 4.60. The van der Waals surface area contributed by atoms with Crippen LogP contribution in [0.5, 0.6) is 0 Å². The monoisotopic (exact) mass is 265 g/mol. The van der Waals surface area contributed by atoms with Gasteiger partial charge in [0.05, 0.1) is 18.8 Å². The normalized spacial score (nSPS) is 24.9. The van der Waals surface area contributed by atoms with Gasteiger partial charge in [-0.2, -0.15) is 0 Å². The Labute approximate surface area is 106 Å². The Balaban J connectivity index is 2.17. The van der Waals surface area contributed by atoms with Gasteiger partial charge < -0.3 is 15.2 Å². The van der Waals surface area contributed by atoms with Gasteiger partial charge in [0.1, 0.15) is 6.61 Å². The number of aliphatic hydroxyl groups excluding tert-OH is 1. The first kappa shape index (κ1) is 15.3. The lowest BCUT2D eigenvalue weighted by atomic mass is 10.1. The Morgan fingerprint density at radius 2 is 2.06 bits per heavy atom. The number of rotatable bonds is 6. The van der Waals surface area contributed by atoms with Crippen molar-refractivity contribution >= 4 is 5.91 Å². The lowest BCUT2D eigenvalue weighted by molar-refractivity contribution is -0.124. The molecule has 2 atom stereocenters. The van der Waals surface area contributed by atoms with Crippen molar-refractivity contribution in [3.8, 4) is 0 Å². The number of hydrogen-bond donors (Lipinski definition) is 2. The van der Waals surface area contributed by atoms with E-state index in [0.29, 0.717) is 6.42 Å². The molecule has 0 spiro atoms. The highest BCUT2D eigenvalue weighted by atomic mass is 19.3. The van der Waals surface area contributed by atoms with Crippen LogP contribution < -0.4 is 5.32 Å². The molecule has 2 unspecified atom stereocenters. The molecule has 0 radical (unpaired) electrons. The summed E-state index contributed by atoms with van der Waals surface area (Å²) < 4.78 is 28.2. The van der Waals surface area contributed by atoms with Crippen LogP contribution in [0.25, 0.3) is 0 Å². The van der Waals surface area contributed by atoms with Gasteiger partial charge in [-0.25, -0.2) is 8.78 Å². The van der Waals surface area contributed by atoms with Crippen molar-refractivity contribution in [2.45, 2.75) is 57.1 Å². The van der Waals surface area contributed by atoms with Gasteiger partial charge in [0.15, 0.2) is 0 Å². The zero-order valence-corrected chi connectivity index (χ0v) is 10.4. The lowest BCUT2D eigenvalue weighted by Gasteiger charge is -2.21. The molecule has 1 amide bonds. The maximum atomic E-state index is 11.8. The molecule has 1 saturated carbocycles. The molecular weight excluding hydrogens is 244 g/mol. The van der Waals surface area contributed by atoms with Crippen LogP contribution >= 0.6 is 0 Å². The average molecular weight is 265 g/mol. The number of alkyl halides is 2. The lowest BCUT2D eigenvalue weighted by Crippen LogP contribution is -2.42. The Bertz CT molecular complexity index is 251. The van der Waals surface area contributed by atoms with Gasteiger partial charge in [-0.1, -0.05) is 19.3 Å². The minimum Gasteiger partial charge on any atom is -0.391 e. The zero-order valence-electron chi connectivity index (χ0n) is 10.4. The number of ether oxygens (including phenoxy) is 1. The molecule has 0 aromatic carbocycles. The predicted octanol–water partition coefficient (Wildman–Crippen LogP) is 1.47. The van der Waals surface area contributed by atoms with Crippen LogP contribution in [-0.2, 0) is 9.53 Å². The van der Waals surface area contributed by atoms with Gasteiger partial charge in [0, 0.05) is 6.42 Å². The maximum absolute atomic E-state index is 11.8. The van der Waals surface area contributed by atoms with Gasteiger partial charge in [0.25, 0.3) is 6.43 Å². The SMILES string of the molecule is O=C(CCOCC(F)F)NC1CCCCCC1O. The Hall–Kier alpha value is -0.750. The van der Waals surface area contributed by atoms with Crippen molar-refractivity contribution in [3.63, 3.8) is 0 Å². The van der Waals surface area contributed by atoms with E-state index < -0.39 is 19.1 Å². The quantitative estimate of drug-likeness (QED) is 0.565. The molecule has 0 saturated heterocycles. The summed E-state index contributed by atoms with van der Waals surface area (Å²) in [7, 11) is 0. The molecule has 0 heterocycles. The first-order chi connectivity index (χ1) is 8.59. The summed E-state index contributed by atoms with van der Waals surface area (Å²) in [5.41, 5.74) is 0. The van der Waals surface area contributed by atoms with E-state index in [1.165, 1.54) is 0 Å². The van der Waals surface area contributed by atoms with Crippen molar-refractivity contribution in [3.05, 3.63) is 0 Å². The maximum Gasteiger partial charge on any atom is 0.261 e. The number of amides is 1. The molecule has 0 aromatic heterocycles. The van der Waals surface area contributed by atoms with Gasteiger partial charge in [-0.3, -0.25) is 4.79 Å². The molecule has 0 aromatic rings. The zero-order chi connectivity index (χ0) is 13.4. The molecule has 106 valence electrons. The number of halogens is 2. The van der Waals surface area contributed by atoms with Crippen molar-refractivity contribution < 1.29 is 23.4 Å². The number of carbonyl (C=O) groups excluding carboxylic acids is 1. The summed E-state index contributed by atoms with van der Waals surface area (Å²) in [5.74, 6) is -0.254. The van der Waals surface area contributed by atoms with Crippen molar-refractivity contribution in [1.29, 1.82) is 0 Å². The largest absolute Gasteiger partial charge is 0.391 e. The van der Waals surface area contributed by atoms with Crippen LogP contribution in [0.4, 0.5) is 8.78 Å². The molecule has 6 heteroatoms. The third-order valence-corrected chi connectivity index (χ3v) is 3.04. The van der Waals surface area contributed by atoms with Gasteiger partial charge in [0.2, 0.25) is 5.91 Å². The first-order valence-corrected chi connectivity index (χ1v) is 6.43. The highest BCUT2D eigenvalue weighted by Gasteiger charge is 2.22. The third kappa shape index (κ3) is 6.26. The van der Waals surface area contributed by atoms with E-state index in [2.05, 4.69) is 10.1 Å². The van der Waals surface area contributed by atoms with E-state index in [-0.39, 0.29) is 25.0 Å². The van der Waals surface area contributed by atoms with Crippen molar-refractivity contribution in [2.75, 3.05) is 13.2 Å². The van der Waals surface area contributed by atoms with Crippen LogP contribution in [0.1, 0.15) is 38.5 Å². The Morgan fingerprint density at radius 1 is 1.33 bits per heavy atom. The molecular formula is C12H21F2NO3. The van der Waals surface area contributed by atoms with Gasteiger partial charge >= 0.3 is 0 Å². The fraction of sp³-hybridized carbons (Fsp3) is 0.917. The average Bonchev–Trinajstić information content (AvgIpc) is 2.50. The minimum atomic E-state index is -2.50. The van der Waals surface area contributed by atoms with Crippen LogP contribution in [0.3, 0.4) is 0 Å². The van der Waals surface area contributed by atoms with E-state index >= 15 is 0 Å². The summed E-state index contributed by atoms with van der Waals surface area (Å²) in [5, 5.41) is 12.5. The predicted molar refractivity (Wildman–Crippen MR) is 62.5 cm³/mol. The fourth-order valence-corrected chi connectivity index (χ4v) is 2.07. The number of carbonyl (C=O) groups is 1. The summed E-state index contributed by atoms with van der Waals surface area (Å²) >= 11 is 0. The number of hydrogen-bond acceptors (Lipinski definition) is 3. The first-order valence-electron chi connectivity index (χ1n) is 6.43. The van der Waals surface area contributed by atoms with Crippen LogP contribution in [0.15, 0.2) is 0 Å². The second kappa shape index (κ2) is 8.37. The van der Waals surface area contributed by atoms with Crippen molar-refractivity contribution in [1.82, 2.24) is 5.32 Å². The minimum absolute atomic E-state index is 0.0149. The topological polar surface area (TPSA) is 58.6 Å². The molecule has 1 aliphatic rings. The van der Waals surface area contributed by atoms with E-state index in [1.807, 2.05) is 0 Å². The highest BCUT2D eigenvalue weighted by Crippen LogP contribution is 2.18. The third-order valence-electron chi connectivity index (χ3n) is 3.04. The molecule has 1 fully saturated rings. The summed E-state index contributed by atoms with van der Waals surface area (Å²) in [4.78, 5) is 11.5. The molecule has 1 rings (SSSR count). The number of nitrogens with one attached hydrogen (secondary N) is 1. The highest BCUT2D eigenvalue weighted by molar-refractivity contribution is 5.76. The Morgan fingerprint density at radius 3 is 2.78 bits per heavy atom. The van der Waals surface area contributed by atoms with Crippen LogP contribution in [-0.4, -0.2) is 42.8 Å². The fourth-order valence-electron chi connectivity index (χ4n) is 2.07. The van der Waals surface area contributed by atoms with Crippen LogP contribution in [0.2, 0.25) is 0 Å². The van der Waals surface area contributed by atoms with Crippen LogP contribution in [0, 0.1) is 0 Å².